The van der Waals surface area contributed by atoms with E-state index in [1.807, 2.05) is 24.3 Å². The summed E-state index contributed by atoms with van der Waals surface area (Å²) < 4.78 is 7.00. The Kier molecular flexibility index (Phi) is 5.18. The minimum Gasteiger partial charge on any atom is -0.414 e. The molecule has 0 unspecified atom stereocenters. The van der Waals surface area contributed by atoms with Gasteiger partial charge >= 0.3 is 0 Å². The summed E-state index contributed by atoms with van der Waals surface area (Å²) in [5.74, 6) is 0. The Bertz CT molecular complexity index is 399. The molecule has 102 valence electrons. The molecule has 1 N–H and O–H groups in total. The van der Waals surface area contributed by atoms with E-state index in [2.05, 4.69) is 49.8 Å². The van der Waals surface area contributed by atoms with Crippen LogP contribution < -0.4 is 0 Å². The molecular weight excluding hydrogens is 308 g/mol. The van der Waals surface area contributed by atoms with Crippen molar-refractivity contribution in [1.82, 2.24) is 0 Å². The van der Waals surface area contributed by atoms with Gasteiger partial charge in [-0.05, 0) is 35.8 Å². The fourth-order valence-corrected chi connectivity index (χ4v) is 2.74. The van der Waals surface area contributed by atoms with Gasteiger partial charge < -0.3 is 9.53 Å². The SMILES string of the molecule is CC(C)(C)[Si](C)(C)OC[C@H](O)c1cccc(Br)c1. The second-order valence-corrected chi connectivity index (χ2v) is 11.9. The predicted octanol–water partition coefficient (Wildman–Crippen LogP) is 4.50. The molecule has 1 atom stereocenters. The molecule has 0 spiro atoms. The molecule has 2 nitrogen and oxygen atoms in total. The van der Waals surface area contributed by atoms with E-state index >= 15 is 0 Å². The maximum absolute atomic E-state index is 10.2. The van der Waals surface area contributed by atoms with Crippen LogP contribution in [0.3, 0.4) is 0 Å². The second-order valence-electron chi connectivity index (χ2n) is 6.14. The van der Waals surface area contributed by atoms with Crippen molar-refractivity contribution in [2.75, 3.05) is 6.61 Å². The van der Waals surface area contributed by atoms with Crippen molar-refractivity contribution < 1.29 is 9.53 Å². The Morgan fingerprint density at radius 1 is 1.33 bits per heavy atom. The summed E-state index contributed by atoms with van der Waals surface area (Å²) >= 11 is 3.41. The molecule has 4 heteroatoms. The third kappa shape index (κ3) is 4.19. The Morgan fingerprint density at radius 2 is 1.94 bits per heavy atom. The van der Waals surface area contributed by atoms with Gasteiger partial charge in [0.25, 0.3) is 0 Å². The van der Waals surface area contributed by atoms with Crippen LogP contribution in [0.2, 0.25) is 18.1 Å². The minimum atomic E-state index is -1.79. The van der Waals surface area contributed by atoms with Crippen molar-refractivity contribution in [3.05, 3.63) is 34.3 Å². The first kappa shape index (κ1) is 15.9. The summed E-state index contributed by atoms with van der Waals surface area (Å²) in [6.45, 7) is 11.4. The molecule has 0 amide bonds. The number of aliphatic hydroxyl groups excluding tert-OH is 1. The zero-order chi connectivity index (χ0) is 14.0. The molecule has 0 saturated carbocycles. The van der Waals surface area contributed by atoms with Crippen LogP contribution >= 0.6 is 15.9 Å². The van der Waals surface area contributed by atoms with Crippen LogP contribution in [0.15, 0.2) is 28.7 Å². The standard InChI is InChI=1S/C14H23BrO2Si/c1-14(2,3)18(4,5)17-10-13(16)11-7-6-8-12(15)9-11/h6-9,13,16H,10H2,1-5H3/t13-/m0/s1. The maximum atomic E-state index is 10.2. The molecule has 0 aliphatic heterocycles. The first-order valence-corrected chi connectivity index (χ1v) is 9.91. The maximum Gasteiger partial charge on any atom is 0.192 e. The van der Waals surface area contributed by atoms with Crippen LogP contribution in [0.1, 0.15) is 32.4 Å². The number of halogens is 1. The largest absolute Gasteiger partial charge is 0.414 e. The van der Waals surface area contributed by atoms with E-state index in [0.29, 0.717) is 6.61 Å². The average molecular weight is 331 g/mol. The zero-order valence-electron chi connectivity index (χ0n) is 11.8. The lowest BCUT2D eigenvalue weighted by Crippen LogP contribution is -2.41. The van der Waals surface area contributed by atoms with Crippen molar-refractivity contribution in [1.29, 1.82) is 0 Å². The van der Waals surface area contributed by atoms with E-state index in [0.717, 1.165) is 10.0 Å². The second kappa shape index (κ2) is 5.86. The smallest absolute Gasteiger partial charge is 0.192 e. The number of benzene rings is 1. The summed E-state index contributed by atoms with van der Waals surface area (Å²) in [4.78, 5) is 0. The minimum absolute atomic E-state index is 0.171. The van der Waals surface area contributed by atoms with Crippen LogP contribution in [-0.4, -0.2) is 20.0 Å². The highest BCUT2D eigenvalue weighted by Crippen LogP contribution is 2.37. The summed E-state index contributed by atoms with van der Waals surface area (Å²) in [6, 6.07) is 7.73. The van der Waals surface area contributed by atoms with Gasteiger partial charge in [-0.1, -0.05) is 48.8 Å². The molecule has 0 bridgehead atoms. The Labute approximate surface area is 120 Å². The summed E-state index contributed by atoms with van der Waals surface area (Å²) in [5.41, 5.74) is 0.892. The highest BCUT2D eigenvalue weighted by atomic mass is 79.9. The highest BCUT2D eigenvalue weighted by Gasteiger charge is 2.37. The third-order valence-corrected chi connectivity index (χ3v) is 8.64. The topological polar surface area (TPSA) is 29.5 Å². The van der Waals surface area contributed by atoms with Gasteiger partial charge in [0.1, 0.15) is 6.10 Å². The Hall–Kier alpha value is -0.163. The molecule has 0 heterocycles. The molecular formula is C14H23BrO2Si. The molecule has 0 radical (unpaired) electrons. The normalized spacial score (nSPS) is 14.6. The highest BCUT2D eigenvalue weighted by molar-refractivity contribution is 9.10. The van der Waals surface area contributed by atoms with Crippen LogP contribution in [-0.2, 0) is 4.43 Å². The van der Waals surface area contributed by atoms with Crippen molar-refractivity contribution in [2.45, 2.75) is 45.0 Å². The number of rotatable bonds is 4. The monoisotopic (exact) mass is 330 g/mol. The Morgan fingerprint density at radius 3 is 2.44 bits per heavy atom. The van der Waals surface area contributed by atoms with Crippen LogP contribution in [0.25, 0.3) is 0 Å². The molecule has 0 aliphatic carbocycles. The van der Waals surface area contributed by atoms with Gasteiger partial charge in [-0.25, -0.2) is 0 Å². The van der Waals surface area contributed by atoms with Gasteiger partial charge in [0.15, 0.2) is 8.32 Å². The summed E-state index contributed by atoms with van der Waals surface area (Å²) in [7, 11) is -1.79. The van der Waals surface area contributed by atoms with Crippen molar-refractivity contribution in [3.8, 4) is 0 Å². The quantitative estimate of drug-likeness (QED) is 0.823. The number of hydrogen-bond acceptors (Lipinski definition) is 2. The van der Waals surface area contributed by atoms with Crippen LogP contribution in [0.4, 0.5) is 0 Å². The van der Waals surface area contributed by atoms with Crippen molar-refractivity contribution in [2.24, 2.45) is 0 Å². The molecule has 0 aliphatic rings. The first-order chi connectivity index (χ1) is 8.13. The van der Waals surface area contributed by atoms with Gasteiger partial charge in [-0.2, -0.15) is 0 Å². The Balaban J connectivity index is 2.64. The molecule has 0 aromatic heterocycles. The third-order valence-electron chi connectivity index (χ3n) is 3.64. The fourth-order valence-electron chi connectivity index (χ4n) is 1.31. The van der Waals surface area contributed by atoms with E-state index in [1.165, 1.54) is 0 Å². The summed E-state index contributed by atoms with van der Waals surface area (Å²) in [6.07, 6.45) is -0.559. The van der Waals surface area contributed by atoms with Crippen molar-refractivity contribution >= 4 is 24.2 Å². The van der Waals surface area contributed by atoms with Gasteiger partial charge in [0.05, 0.1) is 6.61 Å². The predicted molar refractivity (Wildman–Crippen MR) is 82.3 cm³/mol. The molecule has 1 aromatic carbocycles. The summed E-state index contributed by atoms with van der Waals surface area (Å²) in [5, 5.41) is 10.3. The van der Waals surface area contributed by atoms with Gasteiger partial charge in [0.2, 0.25) is 0 Å². The lowest BCUT2D eigenvalue weighted by atomic mass is 10.1. The number of aliphatic hydroxyl groups is 1. The molecule has 0 fully saturated rings. The van der Waals surface area contributed by atoms with E-state index in [-0.39, 0.29) is 5.04 Å². The van der Waals surface area contributed by atoms with Crippen molar-refractivity contribution in [3.63, 3.8) is 0 Å². The zero-order valence-corrected chi connectivity index (χ0v) is 14.4. The van der Waals surface area contributed by atoms with E-state index < -0.39 is 14.4 Å². The van der Waals surface area contributed by atoms with E-state index in [4.69, 9.17) is 4.43 Å². The molecule has 1 rings (SSSR count). The van der Waals surface area contributed by atoms with E-state index in [9.17, 15) is 5.11 Å². The molecule has 18 heavy (non-hydrogen) atoms. The van der Waals surface area contributed by atoms with Crippen LogP contribution in [0, 0.1) is 0 Å². The van der Waals surface area contributed by atoms with E-state index in [1.54, 1.807) is 0 Å². The first-order valence-electron chi connectivity index (χ1n) is 6.21. The van der Waals surface area contributed by atoms with Gasteiger partial charge in [0, 0.05) is 4.47 Å². The van der Waals surface area contributed by atoms with Gasteiger partial charge in [-0.3, -0.25) is 0 Å². The lowest BCUT2D eigenvalue weighted by molar-refractivity contribution is 0.100. The lowest BCUT2D eigenvalue weighted by Gasteiger charge is -2.36. The molecule has 0 saturated heterocycles. The fraction of sp³-hybridized carbons (Fsp3) is 0.571. The number of hydrogen-bond donors (Lipinski definition) is 1. The molecule has 1 aromatic rings. The van der Waals surface area contributed by atoms with Gasteiger partial charge in [-0.15, -0.1) is 0 Å². The van der Waals surface area contributed by atoms with Crippen LogP contribution in [0.5, 0.6) is 0 Å². The average Bonchev–Trinajstić information content (AvgIpc) is 2.24.